The molecule has 1 amide bonds. The molecule has 2 saturated heterocycles. The summed E-state index contributed by atoms with van der Waals surface area (Å²) in [7, 11) is 0. The standard InChI is InChI=1S/C15H20N2O4S/c18-13(7-10-3-6-21-9-10)17-4-1-11(2-5-17)14-16-8-12(22-14)15(19)20/h8,10-11H,1-7,9H2,(H,19,20). The molecule has 2 fully saturated rings. The Labute approximate surface area is 133 Å². The maximum Gasteiger partial charge on any atom is 0.347 e. The first kappa shape index (κ1) is 15.4. The Balaban J connectivity index is 1.50. The van der Waals surface area contributed by atoms with Gasteiger partial charge < -0.3 is 14.7 Å². The van der Waals surface area contributed by atoms with Crippen molar-refractivity contribution >= 4 is 23.2 Å². The van der Waals surface area contributed by atoms with Crippen LogP contribution in [-0.2, 0) is 9.53 Å². The van der Waals surface area contributed by atoms with Crippen LogP contribution >= 0.6 is 11.3 Å². The Bertz CT molecular complexity index is 545. The van der Waals surface area contributed by atoms with E-state index in [-0.39, 0.29) is 16.7 Å². The molecule has 0 aliphatic carbocycles. The average molecular weight is 324 g/mol. The van der Waals surface area contributed by atoms with E-state index in [1.807, 2.05) is 4.90 Å². The molecule has 22 heavy (non-hydrogen) atoms. The van der Waals surface area contributed by atoms with Crippen molar-refractivity contribution in [3.8, 4) is 0 Å². The third-order valence-corrected chi connectivity index (χ3v) is 5.57. The number of nitrogens with zero attached hydrogens (tertiary/aromatic N) is 2. The Kier molecular flexibility index (Phi) is 4.73. The van der Waals surface area contributed by atoms with Crippen LogP contribution in [0.5, 0.6) is 0 Å². The van der Waals surface area contributed by atoms with Gasteiger partial charge in [-0.2, -0.15) is 0 Å². The van der Waals surface area contributed by atoms with Crippen molar-refractivity contribution in [3.63, 3.8) is 0 Å². The average Bonchev–Trinajstić information content (AvgIpc) is 3.18. The Morgan fingerprint density at radius 3 is 2.73 bits per heavy atom. The molecule has 0 saturated carbocycles. The zero-order chi connectivity index (χ0) is 15.5. The molecule has 1 unspecified atom stereocenters. The zero-order valence-corrected chi connectivity index (χ0v) is 13.2. The van der Waals surface area contributed by atoms with Gasteiger partial charge in [0.2, 0.25) is 5.91 Å². The number of carbonyl (C=O) groups excluding carboxylic acids is 1. The molecule has 2 aliphatic heterocycles. The summed E-state index contributed by atoms with van der Waals surface area (Å²) in [4.78, 5) is 29.6. The van der Waals surface area contributed by atoms with Gasteiger partial charge in [-0.3, -0.25) is 4.79 Å². The minimum Gasteiger partial charge on any atom is -0.477 e. The summed E-state index contributed by atoms with van der Waals surface area (Å²) in [6.45, 7) is 2.95. The lowest BCUT2D eigenvalue weighted by molar-refractivity contribution is -0.133. The molecule has 120 valence electrons. The minimum absolute atomic E-state index is 0.222. The van der Waals surface area contributed by atoms with Crippen molar-refractivity contribution in [2.24, 2.45) is 5.92 Å². The summed E-state index contributed by atoms with van der Waals surface area (Å²) in [5.41, 5.74) is 0. The summed E-state index contributed by atoms with van der Waals surface area (Å²) in [5.74, 6) is -0.0475. The van der Waals surface area contributed by atoms with Crippen molar-refractivity contribution in [1.82, 2.24) is 9.88 Å². The third kappa shape index (κ3) is 3.47. The fourth-order valence-corrected chi connectivity index (χ4v) is 4.00. The smallest absolute Gasteiger partial charge is 0.347 e. The molecule has 0 spiro atoms. The summed E-state index contributed by atoms with van der Waals surface area (Å²) in [6.07, 6.45) is 4.73. The number of piperidine rings is 1. The molecule has 3 rings (SSSR count). The Morgan fingerprint density at radius 1 is 1.36 bits per heavy atom. The molecule has 1 N–H and O–H groups in total. The number of rotatable bonds is 4. The topological polar surface area (TPSA) is 79.7 Å². The van der Waals surface area contributed by atoms with Gasteiger partial charge in [-0.1, -0.05) is 0 Å². The first-order valence-corrected chi connectivity index (χ1v) is 8.49. The van der Waals surface area contributed by atoms with Crippen molar-refractivity contribution in [1.29, 1.82) is 0 Å². The van der Waals surface area contributed by atoms with E-state index in [1.54, 1.807) is 0 Å². The number of aromatic carboxylic acids is 1. The number of aromatic nitrogens is 1. The number of thiazole rings is 1. The second-order valence-electron chi connectivity index (χ2n) is 5.96. The number of hydrogen-bond acceptors (Lipinski definition) is 5. The van der Waals surface area contributed by atoms with Crippen LogP contribution in [0.4, 0.5) is 0 Å². The van der Waals surface area contributed by atoms with Crippen molar-refractivity contribution < 1.29 is 19.4 Å². The van der Waals surface area contributed by atoms with E-state index >= 15 is 0 Å². The second kappa shape index (κ2) is 6.75. The van der Waals surface area contributed by atoms with Crippen molar-refractivity contribution in [2.45, 2.75) is 31.6 Å². The van der Waals surface area contributed by atoms with Crippen LogP contribution in [0.1, 0.15) is 46.3 Å². The lowest BCUT2D eigenvalue weighted by Gasteiger charge is -2.31. The minimum atomic E-state index is -0.921. The number of likely N-dealkylation sites (tertiary alicyclic amines) is 1. The lowest BCUT2D eigenvalue weighted by Crippen LogP contribution is -2.38. The first-order chi connectivity index (χ1) is 10.6. The van der Waals surface area contributed by atoms with Gasteiger partial charge in [-0.15, -0.1) is 11.3 Å². The SMILES string of the molecule is O=C(O)c1cnc(C2CCN(C(=O)CC3CCOC3)CC2)s1. The van der Waals surface area contributed by atoms with Gasteiger partial charge in [-0.25, -0.2) is 9.78 Å². The molecule has 1 aromatic rings. The van der Waals surface area contributed by atoms with Gasteiger partial charge in [0.25, 0.3) is 0 Å². The summed E-state index contributed by atoms with van der Waals surface area (Å²) in [6, 6.07) is 0. The van der Waals surface area contributed by atoms with Gasteiger partial charge in [0.1, 0.15) is 4.88 Å². The summed E-state index contributed by atoms with van der Waals surface area (Å²) >= 11 is 1.25. The maximum atomic E-state index is 12.3. The summed E-state index contributed by atoms with van der Waals surface area (Å²) < 4.78 is 5.32. The largest absolute Gasteiger partial charge is 0.477 e. The molecule has 0 radical (unpaired) electrons. The van der Waals surface area contributed by atoms with Crippen LogP contribution in [0.2, 0.25) is 0 Å². The third-order valence-electron chi connectivity index (χ3n) is 4.42. The van der Waals surface area contributed by atoms with Gasteiger partial charge >= 0.3 is 5.97 Å². The van der Waals surface area contributed by atoms with Crippen LogP contribution in [0.25, 0.3) is 0 Å². The molecular formula is C15H20N2O4S. The van der Waals surface area contributed by atoms with Gasteiger partial charge in [0, 0.05) is 38.6 Å². The molecule has 0 bridgehead atoms. The van der Waals surface area contributed by atoms with Gasteiger partial charge in [0.15, 0.2) is 0 Å². The molecule has 3 heterocycles. The van der Waals surface area contributed by atoms with E-state index in [1.165, 1.54) is 17.5 Å². The fourth-order valence-electron chi connectivity index (χ4n) is 3.07. The number of carboxylic acid groups (broad SMARTS) is 1. The second-order valence-corrected chi connectivity index (χ2v) is 7.02. The molecule has 1 atom stereocenters. The highest BCUT2D eigenvalue weighted by Gasteiger charge is 2.28. The van der Waals surface area contributed by atoms with E-state index in [4.69, 9.17) is 9.84 Å². The van der Waals surface area contributed by atoms with E-state index in [0.717, 1.165) is 44.0 Å². The normalized spacial score (nSPS) is 22.9. The van der Waals surface area contributed by atoms with E-state index in [0.29, 0.717) is 18.9 Å². The molecule has 7 heteroatoms. The highest BCUT2D eigenvalue weighted by molar-refractivity contribution is 7.13. The van der Waals surface area contributed by atoms with Crippen LogP contribution in [0.3, 0.4) is 0 Å². The molecule has 6 nitrogen and oxygen atoms in total. The zero-order valence-electron chi connectivity index (χ0n) is 12.4. The molecule has 2 aliphatic rings. The highest BCUT2D eigenvalue weighted by atomic mass is 32.1. The van der Waals surface area contributed by atoms with Crippen LogP contribution in [0.15, 0.2) is 6.20 Å². The molecular weight excluding hydrogens is 304 g/mol. The number of ether oxygens (including phenoxy) is 1. The number of carboxylic acids is 1. The van der Waals surface area contributed by atoms with Crippen molar-refractivity contribution in [3.05, 3.63) is 16.1 Å². The van der Waals surface area contributed by atoms with Crippen molar-refractivity contribution in [2.75, 3.05) is 26.3 Å². The number of carbonyl (C=O) groups is 2. The van der Waals surface area contributed by atoms with Gasteiger partial charge in [0.05, 0.1) is 11.2 Å². The van der Waals surface area contributed by atoms with Crippen LogP contribution in [0, 0.1) is 5.92 Å². The predicted molar refractivity (Wildman–Crippen MR) is 81.2 cm³/mol. The van der Waals surface area contributed by atoms with E-state index < -0.39 is 5.97 Å². The van der Waals surface area contributed by atoms with Crippen LogP contribution in [-0.4, -0.2) is 53.2 Å². The highest BCUT2D eigenvalue weighted by Crippen LogP contribution is 2.31. The monoisotopic (exact) mass is 324 g/mol. The fraction of sp³-hybridized carbons (Fsp3) is 0.667. The lowest BCUT2D eigenvalue weighted by atomic mass is 9.96. The predicted octanol–water partition coefficient (Wildman–Crippen LogP) is 1.97. The molecule has 1 aromatic heterocycles. The summed E-state index contributed by atoms with van der Waals surface area (Å²) in [5, 5.41) is 9.84. The van der Waals surface area contributed by atoms with Crippen LogP contribution < -0.4 is 0 Å². The van der Waals surface area contributed by atoms with Gasteiger partial charge in [-0.05, 0) is 25.2 Å². The first-order valence-electron chi connectivity index (χ1n) is 7.68. The van der Waals surface area contributed by atoms with E-state index in [9.17, 15) is 9.59 Å². The van der Waals surface area contributed by atoms with E-state index in [2.05, 4.69) is 4.98 Å². The number of hydrogen-bond donors (Lipinski definition) is 1. The maximum absolute atomic E-state index is 12.3. The Hall–Kier alpha value is -1.47. The molecule has 0 aromatic carbocycles. The Morgan fingerprint density at radius 2 is 2.14 bits per heavy atom. The quantitative estimate of drug-likeness (QED) is 0.916. The number of amides is 1.